The number of hydrogen-bond acceptors (Lipinski definition) is 4. The van der Waals surface area contributed by atoms with Crippen LogP contribution in [0.2, 0.25) is 4.34 Å². The molecule has 0 saturated carbocycles. The van der Waals surface area contributed by atoms with Crippen molar-refractivity contribution in [2.24, 2.45) is 5.73 Å². The SMILES string of the molecule is COCCOCC(N)c1ccc(Cl)s1. The van der Waals surface area contributed by atoms with Crippen molar-refractivity contribution in [1.82, 2.24) is 0 Å². The summed E-state index contributed by atoms with van der Waals surface area (Å²) in [5.41, 5.74) is 5.88. The van der Waals surface area contributed by atoms with Crippen LogP contribution in [-0.4, -0.2) is 26.9 Å². The maximum absolute atomic E-state index is 5.88. The summed E-state index contributed by atoms with van der Waals surface area (Å²) in [7, 11) is 1.64. The first-order valence-corrected chi connectivity index (χ1v) is 5.51. The third kappa shape index (κ3) is 3.94. The second-order valence-corrected chi connectivity index (χ2v) is 4.56. The zero-order valence-corrected chi connectivity index (χ0v) is 9.61. The van der Waals surface area contributed by atoms with E-state index in [0.717, 1.165) is 9.21 Å². The Hall–Kier alpha value is -0.130. The van der Waals surface area contributed by atoms with Gasteiger partial charge < -0.3 is 15.2 Å². The summed E-state index contributed by atoms with van der Waals surface area (Å²) >= 11 is 7.28. The van der Waals surface area contributed by atoms with Crippen LogP contribution in [0.25, 0.3) is 0 Å². The average molecular weight is 236 g/mol. The van der Waals surface area contributed by atoms with Crippen molar-refractivity contribution >= 4 is 22.9 Å². The van der Waals surface area contributed by atoms with Gasteiger partial charge in [0.05, 0.1) is 30.2 Å². The summed E-state index contributed by atoms with van der Waals surface area (Å²) in [5.74, 6) is 0. The Labute approximate surface area is 92.8 Å². The fourth-order valence-electron chi connectivity index (χ4n) is 0.962. The second-order valence-electron chi connectivity index (χ2n) is 2.82. The van der Waals surface area contributed by atoms with Crippen LogP contribution in [-0.2, 0) is 9.47 Å². The van der Waals surface area contributed by atoms with Crippen molar-refractivity contribution in [2.45, 2.75) is 6.04 Å². The Morgan fingerprint density at radius 2 is 2.29 bits per heavy atom. The summed E-state index contributed by atoms with van der Waals surface area (Å²) in [6.45, 7) is 1.67. The van der Waals surface area contributed by atoms with Gasteiger partial charge in [0, 0.05) is 12.0 Å². The van der Waals surface area contributed by atoms with E-state index in [2.05, 4.69) is 0 Å². The molecule has 0 spiro atoms. The highest BCUT2D eigenvalue weighted by molar-refractivity contribution is 7.16. The van der Waals surface area contributed by atoms with E-state index >= 15 is 0 Å². The van der Waals surface area contributed by atoms with Gasteiger partial charge in [-0.3, -0.25) is 0 Å². The zero-order valence-electron chi connectivity index (χ0n) is 8.03. The molecule has 1 atom stereocenters. The van der Waals surface area contributed by atoms with E-state index in [1.165, 1.54) is 11.3 Å². The van der Waals surface area contributed by atoms with Gasteiger partial charge in [0.1, 0.15) is 0 Å². The lowest BCUT2D eigenvalue weighted by Crippen LogP contribution is -2.17. The normalized spacial score (nSPS) is 13.1. The number of thiophene rings is 1. The van der Waals surface area contributed by atoms with Crippen LogP contribution in [0.4, 0.5) is 0 Å². The van der Waals surface area contributed by atoms with Crippen molar-refractivity contribution in [2.75, 3.05) is 26.9 Å². The first-order valence-electron chi connectivity index (χ1n) is 4.31. The van der Waals surface area contributed by atoms with Crippen molar-refractivity contribution in [1.29, 1.82) is 0 Å². The van der Waals surface area contributed by atoms with Crippen molar-refractivity contribution in [3.8, 4) is 0 Å². The Bertz CT molecular complexity index is 267. The van der Waals surface area contributed by atoms with E-state index in [1.807, 2.05) is 12.1 Å². The van der Waals surface area contributed by atoms with E-state index in [1.54, 1.807) is 7.11 Å². The summed E-state index contributed by atoms with van der Waals surface area (Å²) in [6, 6.07) is 3.68. The number of halogens is 1. The molecule has 2 N–H and O–H groups in total. The summed E-state index contributed by atoms with van der Waals surface area (Å²) in [5, 5.41) is 0. The molecule has 1 aromatic rings. The molecule has 0 saturated heterocycles. The molecule has 0 bridgehead atoms. The van der Waals surface area contributed by atoms with Crippen LogP contribution < -0.4 is 5.73 Å². The van der Waals surface area contributed by atoms with E-state index in [0.29, 0.717) is 19.8 Å². The monoisotopic (exact) mass is 235 g/mol. The maximum Gasteiger partial charge on any atom is 0.0931 e. The lowest BCUT2D eigenvalue weighted by atomic mass is 10.3. The van der Waals surface area contributed by atoms with Crippen molar-refractivity contribution in [3.05, 3.63) is 21.3 Å². The van der Waals surface area contributed by atoms with Gasteiger partial charge in [-0.15, -0.1) is 11.3 Å². The molecule has 1 unspecified atom stereocenters. The molecule has 80 valence electrons. The van der Waals surface area contributed by atoms with Gasteiger partial charge in [0.25, 0.3) is 0 Å². The fourth-order valence-corrected chi connectivity index (χ4v) is 2.01. The van der Waals surface area contributed by atoms with Crippen LogP contribution in [0.3, 0.4) is 0 Å². The van der Waals surface area contributed by atoms with Gasteiger partial charge in [-0.05, 0) is 12.1 Å². The highest BCUT2D eigenvalue weighted by atomic mass is 35.5. The molecule has 0 aliphatic heterocycles. The van der Waals surface area contributed by atoms with E-state index in [-0.39, 0.29) is 6.04 Å². The maximum atomic E-state index is 5.88. The topological polar surface area (TPSA) is 44.5 Å². The Kier molecular flexibility index (Phi) is 5.44. The lowest BCUT2D eigenvalue weighted by Gasteiger charge is -2.09. The standard InChI is InChI=1S/C9H14ClNO2S/c1-12-4-5-13-6-7(11)8-2-3-9(10)14-8/h2-3,7H,4-6,11H2,1H3. The molecule has 1 heterocycles. The first-order chi connectivity index (χ1) is 6.74. The minimum Gasteiger partial charge on any atom is -0.382 e. The van der Waals surface area contributed by atoms with Gasteiger partial charge in [0.15, 0.2) is 0 Å². The Morgan fingerprint density at radius 3 is 2.86 bits per heavy atom. The fraction of sp³-hybridized carbons (Fsp3) is 0.556. The summed E-state index contributed by atoms with van der Waals surface area (Å²) < 4.78 is 10.9. The van der Waals surface area contributed by atoms with Crippen LogP contribution in [0.15, 0.2) is 12.1 Å². The molecule has 0 aromatic carbocycles. The molecular weight excluding hydrogens is 222 g/mol. The Balaban J connectivity index is 2.25. The van der Waals surface area contributed by atoms with Crippen LogP contribution >= 0.6 is 22.9 Å². The number of nitrogens with two attached hydrogens (primary N) is 1. The van der Waals surface area contributed by atoms with Gasteiger partial charge in [0.2, 0.25) is 0 Å². The van der Waals surface area contributed by atoms with Crippen LogP contribution in [0, 0.1) is 0 Å². The molecule has 0 fully saturated rings. The van der Waals surface area contributed by atoms with Gasteiger partial charge in [-0.2, -0.15) is 0 Å². The second kappa shape index (κ2) is 6.37. The third-order valence-electron chi connectivity index (χ3n) is 1.69. The molecule has 1 aromatic heterocycles. The number of methoxy groups -OCH3 is 1. The zero-order chi connectivity index (χ0) is 10.4. The molecule has 1 rings (SSSR count). The van der Waals surface area contributed by atoms with Crippen LogP contribution in [0.5, 0.6) is 0 Å². The summed E-state index contributed by atoms with van der Waals surface area (Å²) in [6.07, 6.45) is 0. The molecule has 5 heteroatoms. The Morgan fingerprint density at radius 1 is 1.50 bits per heavy atom. The van der Waals surface area contributed by atoms with E-state index in [4.69, 9.17) is 26.8 Å². The van der Waals surface area contributed by atoms with Crippen molar-refractivity contribution in [3.63, 3.8) is 0 Å². The molecule has 14 heavy (non-hydrogen) atoms. The smallest absolute Gasteiger partial charge is 0.0931 e. The highest BCUT2D eigenvalue weighted by Gasteiger charge is 2.08. The molecule has 0 aliphatic carbocycles. The van der Waals surface area contributed by atoms with E-state index < -0.39 is 0 Å². The van der Waals surface area contributed by atoms with Crippen LogP contribution in [0.1, 0.15) is 10.9 Å². The van der Waals surface area contributed by atoms with Gasteiger partial charge >= 0.3 is 0 Å². The molecule has 0 aliphatic rings. The van der Waals surface area contributed by atoms with E-state index in [9.17, 15) is 0 Å². The average Bonchev–Trinajstić information content (AvgIpc) is 2.59. The minimum atomic E-state index is -0.0932. The minimum absolute atomic E-state index is 0.0932. The molecule has 0 amide bonds. The van der Waals surface area contributed by atoms with Gasteiger partial charge in [-0.1, -0.05) is 11.6 Å². The molecule has 0 radical (unpaired) electrons. The largest absolute Gasteiger partial charge is 0.382 e. The third-order valence-corrected chi connectivity index (χ3v) is 3.05. The lowest BCUT2D eigenvalue weighted by molar-refractivity contribution is 0.0640. The number of rotatable bonds is 6. The molecule has 3 nitrogen and oxygen atoms in total. The summed E-state index contributed by atoms with van der Waals surface area (Å²) in [4.78, 5) is 1.05. The predicted octanol–water partition coefficient (Wildman–Crippen LogP) is 2.06. The predicted molar refractivity (Wildman–Crippen MR) is 59.0 cm³/mol. The highest BCUT2D eigenvalue weighted by Crippen LogP contribution is 2.25. The molecular formula is C9H14ClNO2S. The number of ether oxygens (including phenoxy) is 2. The quantitative estimate of drug-likeness (QED) is 0.768. The van der Waals surface area contributed by atoms with Crippen molar-refractivity contribution < 1.29 is 9.47 Å². The van der Waals surface area contributed by atoms with Gasteiger partial charge in [-0.25, -0.2) is 0 Å². The number of hydrogen-bond donors (Lipinski definition) is 1. The first kappa shape index (κ1) is 11.9.